The van der Waals surface area contributed by atoms with Crippen LogP contribution in [0.3, 0.4) is 0 Å². The molecule has 0 radical (unpaired) electrons. The predicted molar refractivity (Wildman–Crippen MR) is 35.3 cm³/mol. The molecule has 2 aliphatic rings. The molecule has 3 heteroatoms. The first-order valence-electron chi connectivity index (χ1n) is 3.18. The Morgan fingerprint density at radius 3 is 2.00 bits per heavy atom. The third-order valence-electron chi connectivity index (χ3n) is 2.25. The average Bonchev–Trinajstić information content (AvgIpc) is 2.51. The zero-order valence-corrected chi connectivity index (χ0v) is 6.31. The van der Waals surface area contributed by atoms with Crippen LogP contribution >= 0.6 is 11.6 Å². The summed E-state index contributed by atoms with van der Waals surface area (Å²) in [7, 11) is 0. The van der Waals surface area contributed by atoms with E-state index in [1.54, 1.807) is 0 Å². The van der Waals surface area contributed by atoms with Crippen LogP contribution < -0.4 is 0 Å². The Bertz CT molecular complexity index is 179. The third kappa shape index (κ3) is 0.692. The van der Waals surface area contributed by atoms with E-state index >= 15 is 0 Å². The van der Waals surface area contributed by atoms with E-state index in [2.05, 4.69) is 24.1 Å². The van der Waals surface area contributed by atoms with Gasteiger partial charge in [0.15, 0.2) is 0 Å². The van der Waals surface area contributed by atoms with Crippen molar-refractivity contribution in [3.05, 3.63) is 0 Å². The van der Waals surface area contributed by atoms with Crippen LogP contribution in [0.2, 0.25) is 0 Å². The van der Waals surface area contributed by atoms with Crippen molar-refractivity contribution in [1.29, 1.82) is 0 Å². The van der Waals surface area contributed by atoms with Crippen LogP contribution in [-0.2, 0) is 0 Å². The molecule has 0 bridgehead atoms. The average molecular weight is 145 g/mol. The second-order valence-corrected chi connectivity index (χ2v) is 4.14. The van der Waals surface area contributed by atoms with Crippen molar-refractivity contribution < 1.29 is 0 Å². The van der Waals surface area contributed by atoms with Crippen LogP contribution in [0.4, 0.5) is 0 Å². The highest BCUT2D eigenvalue weighted by Gasteiger charge is 2.63. The van der Waals surface area contributed by atoms with Gasteiger partial charge in [-0.25, -0.2) is 0 Å². The van der Waals surface area contributed by atoms with Gasteiger partial charge >= 0.3 is 0 Å². The largest absolute Gasteiger partial charge is 0.266 e. The summed E-state index contributed by atoms with van der Waals surface area (Å²) >= 11 is 5.89. The normalized spacial score (nSPS) is 40.6. The summed E-state index contributed by atoms with van der Waals surface area (Å²) in [6.07, 6.45) is 1.17. The van der Waals surface area contributed by atoms with Crippen LogP contribution in [0.25, 0.3) is 0 Å². The van der Waals surface area contributed by atoms with Crippen LogP contribution in [0.5, 0.6) is 0 Å². The van der Waals surface area contributed by atoms with Gasteiger partial charge < -0.3 is 0 Å². The summed E-state index contributed by atoms with van der Waals surface area (Å²) in [4.78, 5) is 0. The first-order chi connectivity index (χ1) is 4.05. The highest BCUT2D eigenvalue weighted by molar-refractivity contribution is 6.25. The molecule has 0 saturated heterocycles. The second kappa shape index (κ2) is 1.17. The van der Waals surface area contributed by atoms with E-state index in [1.165, 1.54) is 6.42 Å². The van der Waals surface area contributed by atoms with Crippen LogP contribution in [0.1, 0.15) is 20.3 Å². The Balaban J connectivity index is 2.05. The van der Waals surface area contributed by atoms with Gasteiger partial charge in [0.25, 0.3) is 5.12 Å². The summed E-state index contributed by atoms with van der Waals surface area (Å²) in [5, 5.41) is 7.08. The predicted octanol–water partition coefficient (Wildman–Crippen LogP) is 2.39. The highest BCUT2D eigenvalue weighted by Crippen LogP contribution is 2.64. The van der Waals surface area contributed by atoms with Gasteiger partial charge in [0.05, 0.1) is 0 Å². The fourth-order valence-corrected chi connectivity index (χ4v) is 1.69. The Kier molecular flexibility index (Phi) is 0.736. The van der Waals surface area contributed by atoms with Gasteiger partial charge in [-0.1, -0.05) is 25.4 Å². The molecule has 0 N–H and O–H groups in total. The summed E-state index contributed by atoms with van der Waals surface area (Å²) in [5.74, 6) is 0.506. The summed E-state index contributed by atoms with van der Waals surface area (Å²) in [6, 6.07) is 0. The third-order valence-corrected chi connectivity index (χ3v) is 2.66. The zero-order chi connectivity index (χ0) is 6.70. The molecule has 0 aromatic heterocycles. The van der Waals surface area contributed by atoms with Crippen LogP contribution in [0, 0.1) is 11.3 Å². The van der Waals surface area contributed by atoms with Crippen molar-refractivity contribution in [2.24, 2.45) is 21.6 Å². The minimum absolute atomic E-state index is 0.394. The van der Waals surface area contributed by atoms with E-state index in [9.17, 15) is 0 Å². The van der Waals surface area contributed by atoms with Crippen molar-refractivity contribution in [3.63, 3.8) is 0 Å². The van der Waals surface area contributed by atoms with Gasteiger partial charge in [-0.3, -0.25) is 0 Å². The lowest BCUT2D eigenvalue weighted by atomic mass is 10.1. The van der Waals surface area contributed by atoms with Gasteiger partial charge in [-0.2, -0.15) is 0 Å². The molecule has 1 aliphatic heterocycles. The Labute approximate surface area is 59.3 Å². The van der Waals surface area contributed by atoms with Crippen molar-refractivity contribution >= 4 is 11.6 Å². The molecule has 9 heavy (non-hydrogen) atoms. The molecule has 0 amide bonds. The molecule has 1 atom stereocenters. The fourth-order valence-electron chi connectivity index (χ4n) is 1.28. The molecule has 2 rings (SSSR count). The molecule has 1 fully saturated rings. The molecule has 1 aliphatic carbocycles. The Hall–Kier alpha value is -0.110. The molecule has 1 saturated carbocycles. The number of rotatable bonds is 1. The maximum absolute atomic E-state index is 5.89. The SMILES string of the molecule is CC1(C)CC1C1(Cl)N=N1. The first-order valence-corrected chi connectivity index (χ1v) is 3.55. The minimum atomic E-state index is -0.483. The van der Waals surface area contributed by atoms with E-state index in [0.29, 0.717) is 11.3 Å². The van der Waals surface area contributed by atoms with E-state index < -0.39 is 5.12 Å². The zero-order valence-electron chi connectivity index (χ0n) is 5.56. The highest BCUT2D eigenvalue weighted by atomic mass is 35.5. The van der Waals surface area contributed by atoms with E-state index in [-0.39, 0.29) is 0 Å². The summed E-state index contributed by atoms with van der Waals surface area (Å²) in [5.41, 5.74) is 0.394. The van der Waals surface area contributed by atoms with Crippen molar-refractivity contribution in [2.75, 3.05) is 0 Å². The standard InChI is InChI=1S/C6H9ClN2/c1-5(2)3-4(5)6(7)8-9-6/h4H,3H2,1-2H3. The number of hydrogen-bond donors (Lipinski definition) is 0. The topological polar surface area (TPSA) is 24.7 Å². The lowest BCUT2D eigenvalue weighted by molar-refractivity contribution is 0.521. The van der Waals surface area contributed by atoms with Crippen LogP contribution in [0.15, 0.2) is 10.2 Å². The maximum atomic E-state index is 5.89. The van der Waals surface area contributed by atoms with E-state index in [0.717, 1.165) is 0 Å². The molecule has 1 unspecified atom stereocenters. The molecule has 0 aromatic carbocycles. The van der Waals surface area contributed by atoms with Gasteiger partial charge in [0, 0.05) is 5.92 Å². The number of nitrogens with zero attached hydrogens (tertiary/aromatic N) is 2. The summed E-state index contributed by atoms with van der Waals surface area (Å²) < 4.78 is 0. The maximum Gasteiger partial charge on any atom is 0.266 e. The quantitative estimate of drug-likeness (QED) is 0.399. The molecule has 0 aromatic rings. The second-order valence-electron chi connectivity index (χ2n) is 3.58. The molecular formula is C6H9ClN2. The number of alkyl halides is 1. The Morgan fingerprint density at radius 1 is 1.44 bits per heavy atom. The van der Waals surface area contributed by atoms with Gasteiger partial charge in [0.2, 0.25) is 0 Å². The minimum Gasteiger partial charge on any atom is -0.140 e. The summed E-state index contributed by atoms with van der Waals surface area (Å²) in [6.45, 7) is 4.40. The van der Waals surface area contributed by atoms with Crippen molar-refractivity contribution in [2.45, 2.75) is 25.4 Å². The molecular weight excluding hydrogens is 136 g/mol. The Morgan fingerprint density at radius 2 is 1.89 bits per heavy atom. The van der Waals surface area contributed by atoms with E-state index in [4.69, 9.17) is 11.6 Å². The first kappa shape index (κ1) is 5.66. The molecule has 50 valence electrons. The molecule has 2 nitrogen and oxygen atoms in total. The van der Waals surface area contributed by atoms with Crippen molar-refractivity contribution in [3.8, 4) is 0 Å². The lowest BCUT2D eigenvalue weighted by Gasteiger charge is -2.01. The van der Waals surface area contributed by atoms with Gasteiger partial charge in [-0.15, -0.1) is 10.2 Å². The smallest absolute Gasteiger partial charge is 0.140 e. The van der Waals surface area contributed by atoms with Crippen molar-refractivity contribution in [1.82, 2.24) is 0 Å². The van der Waals surface area contributed by atoms with Crippen LogP contribution in [-0.4, -0.2) is 5.12 Å². The number of hydrogen-bond acceptors (Lipinski definition) is 2. The van der Waals surface area contributed by atoms with Gasteiger partial charge in [-0.05, 0) is 11.8 Å². The number of halogens is 1. The monoisotopic (exact) mass is 144 g/mol. The lowest BCUT2D eigenvalue weighted by Crippen LogP contribution is -2.07. The molecule has 0 spiro atoms. The molecule has 1 heterocycles. The van der Waals surface area contributed by atoms with Gasteiger partial charge in [0.1, 0.15) is 0 Å². The van der Waals surface area contributed by atoms with E-state index in [1.807, 2.05) is 0 Å². The fraction of sp³-hybridized carbons (Fsp3) is 1.00.